The molecule has 0 aliphatic carbocycles. The van der Waals surface area contributed by atoms with E-state index in [1.165, 1.54) is 17.8 Å². The van der Waals surface area contributed by atoms with Crippen molar-refractivity contribution in [3.8, 4) is 5.69 Å². The van der Waals surface area contributed by atoms with E-state index in [1.54, 1.807) is 18.2 Å². The van der Waals surface area contributed by atoms with Crippen LogP contribution in [0.1, 0.15) is 5.56 Å². The summed E-state index contributed by atoms with van der Waals surface area (Å²) in [4.78, 5) is 11.5. The minimum atomic E-state index is -0.433. The fourth-order valence-corrected chi connectivity index (χ4v) is 4.13. The van der Waals surface area contributed by atoms with Gasteiger partial charge in [0.25, 0.3) is 5.69 Å². The molecule has 0 aliphatic heterocycles. The predicted molar refractivity (Wildman–Crippen MR) is 103 cm³/mol. The first-order valence-electron chi connectivity index (χ1n) is 7.13. The Morgan fingerprint density at radius 3 is 2.40 bits per heavy atom. The normalized spacial score (nSPS) is 10.8. The first kappa shape index (κ1) is 18.1. The number of benzene rings is 2. The van der Waals surface area contributed by atoms with Crippen molar-refractivity contribution in [2.45, 2.75) is 10.6 Å². The summed E-state index contributed by atoms with van der Waals surface area (Å²) in [5.74, 6) is 0.476. The third-order valence-corrected chi connectivity index (χ3v) is 5.49. The third-order valence-electron chi connectivity index (χ3n) is 3.51. The molecule has 0 unspecified atom stereocenters. The van der Waals surface area contributed by atoms with Gasteiger partial charge in [0, 0.05) is 34.3 Å². The van der Waals surface area contributed by atoms with Crippen LogP contribution in [0.3, 0.4) is 0 Å². The van der Waals surface area contributed by atoms with Crippen LogP contribution in [-0.4, -0.2) is 9.49 Å². The van der Waals surface area contributed by atoms with Gasteiger partial charge in [0.05, 0.1) is 20.5 Å². The van der Waals surface area contributed by atoms with Gasteiger partial charge < -0.3 is 4.57 Å². The molecule has 0 amide bonds. The first-order valence-corrected chi connectivity index (χ1v) is 9.25. The zero-order chi connectivity index (χ0) is 18.0. The summed E-state index contributed by atoms with van der Waals surface area (Å²) in [6.45, 7) is 0. The van der Waals surface area contributed by atoms with Gasteiger partial charge in [-0.25, -0.2) is 0 Å². The van der Waals surface area contributed by atoms with Gasteiger partial charge in [0.1, 0.15) is 0 Å². The maximum atomic E-state index is 11.4. The number of nitro benzene ring substituents is 1. The number of nitrogens with zero attached hydrogens (tertiary/aromatic N) is 2. The Balaban J connectivity index is 1.95. The van der Waals surface area contributed by atoms with Gasteiger partial charge >= 0.3 is 0 Å². The lowest BCUT2D eigenvalue weighted by molar-refractivity contribution is -0.387. The molecule has 0 saturated heterocycles. The van der Waals surface area contributed by atoms with E-state index < -0.39 is 4.92 Å². The maximum Gasteiger partial charge on any atom is 0.284 e. The predicted octanol–water partition coefficient (Wildman–Crippen LogP) is 6.64. The topological polar surface area (TPSA) is 48.1 Å². The number of nitro groups is 1. The molecule has 4 nitrogen and oxygen atoms in total. The molecule has 0 spiro atoms. The molecular weight excluding hydrogens is 403 g/mol. The fourth-order valence-electron chi connectivity index (χ4n) is 2.28. The third kappa shape index (κ3) is 4.12. The summed E-state index contributed by atoms with van der Waals surface area (Å²) in [6.07, 6.45) is 3.66. The SMILES string of the molecule is O=[N+]([O-])c1cc(Cl)c(-n2cccc2)cc1SCc1ccc(Cl)cc1Cl. The molecule has 0 fully saturated rings. The van der Waals surface area contributed by atoms with Crippen LogP contribution in [-0.2, 0) is 5.75 Å². The van der Waals surface area contributed by atoms with Crippen LogP contribution >= 0.6 is 46.6 Å². The summed E-state index contributed by atoms with van der Waals surface area (Å²) in [6, 6.07) is 12.0. The Labute approximate surface area is 163 Å². The van der Waals surface area contributed by atoms with E-state index in [2.05, 4.69) is 0 Å². The summed E-state index contributed by atoms with van der Waals surface area (Å²) in [5, 5.41) is 12.8. The van der Waals surface area contributed by atoms with Gasteiger partial charge in [0.15, 0.2) is 0 Å². The Morgan fingerprint density at radius 2 is 1.76 bits per heavy atom. The number of hydrogen-bond donors (Lipinski definition) is 0. The Morgan fingerprint density at radius 1 is 1.04 bits per heavy atom. The number of thioether (sulfide) groups is 1. The lowest BCUT2D eigenvalue weighted by atomic mass is 10.2. The molecule has 3 rings (SSSR count). The summed E-state index contributed by atoms with van der Waals surface area (Å²) in [7, 11) is 0. The quantitative estimate of drug-likeness (QED) is 0.268. The second-order valence-electron chi connectivity index (χ2n) is 5.14. The molecular formula is C17H11Cl3N2O2S. The smallest absolute Gasteiger partial charge is 0.284 e. The van der Waals surface area contributed by atoms with Gasteiger partial charge in [-0.3, -0.25) is 10.1 Å². The molecule has 0 saturated carbocycles. The Hall–Kier alpha value is -1.66. The highest BCUT2D eigenvalue weighted by Gasteiger charge is 2.19. The second-order valence-corrected chi connectivity index (χ2v) is 7.41. The van der Waals surface area contributed by atoms with Crippen molar-refractivity contribution >= 4 is 52.3 Å². The van der Waals surface area contributed by atoms with Crippen molar-refractivity contribution in [2.24, 2.45) is 0 Å². The van der Waals surface area contributed by atoms with Crippen molar-refractivity contribution in [1.82, 2.24) is 4.57 Å². The molecule has 25 heavy (non-hydrogen) atoms. The first-order chi connectivity index (χ1) is 12.0. The standard InChI is InChI=1S/C17H11Cl3N2O2S/c18-12-4-3-11(13(19)7-12)10-25-17-9-15(21-5-1-2-6-21)14(20)8-16(17)22(23)24/h1-9H,10H2. The maximum absolute atomic E-state index is 11.4. The second kappa shape index (κ2) is 7.70. The summed E-state index contributed by atoms with van der Waals surface area (Å²) < 4.78 is 1.81. The summed E-state index contributed by atoms with van der Waals surface area (Å²) in [5.41, 5.74) is 1.50. The molecule has 1 aromatic heterocycles. The largest absolute Gasteiger partial charge is 0.322 e. The van der Waals surface area contributed by atoms with Gasteiger partial charge in [0.2, 0.25) is 0 Å². The van der Waals surface area contributed by atoms with Crippen LogP contribution in [0.25, 0.3) is 5.69 Å². The van der Waals surface area contributed by atoms with Crippen LogP contribution in [0.4, 0.5) is 5.69 Å². The highest BCUT2D eigenvalue weighted by atomic mass is 35.5. The zero-order valence-corrected chi connectivity index (χ0v) is 15.7. The van der Waals surface area contributed by atoms with Gasteiger partial charge in [-0.2, -0.15) is 0 Å². The van der Waals surface area contributed by atoms with E-state index in [-0.39, 0.29) is 5.69 Å². The van der Waals surface area contributed by atoms with Crippen molar-refractivity contribution in [2.75, 3.05) is 0 Å². The van der Waals surface area contributed by atoms with Gasteiger partial charge in [-0.1, -0.05) is 40.9 Å². The van der Waals surface area contributed by atoms with E-state index in [0.717, 1.165) is 5.56 Å². The summed E-state index contributed by atoms with van der Waals surface area (Å²) >= 11 is 19.6. The zero-order valence-electron chi connectivity index (χ0n) is 12.7. The molecule has 8 heteroatoms. The molecule has 1 heterocycles. The lowest BCUT2D eigenvalue weighted by Gasteiger charge is -2.10. The number of hydrogen-bond acceptors (Lipinski definition) is 3. The van der Waals surface area contributed by atoms with E-state index in [0.29, 0.717) is 31.4 Å². The Kier molecular flexibility index (Phi) is 5.59. The average molecular weight is 414 g/mol. The molecule has 2 aromatic carbocycles. The van der Waals surface area contributed by atoms with E-state index in [4.69, 9.17) is 34.8 Å². The van der Waals surface area contributed by atoms with Gasteiger partial charge in [-0.15, -0.1) is 11.8 Å². The average Bonchev–Trinajstić information content (AvgIpc) is 3.08. The van der Waals surface area contributed by atoms with Gasteiger partial charge in [-0.05, 0) is 35.9 Å². The van der Waals surface area contributed by atoms with Crippen LogP contribution in [0, 0.1) is 10.1 Å². The van der Waals surface area contributed by atoms with E-state index in [9.17, 15) is 10.1 Å². The fraction of sp³-hybridized carbons (Fsp3) is 0.0588. The monoisotopic (exact) mass is 412 g/mol. The van der Waals surface area contributed by atoms with Crippen LogP contribution in [0.15, 0.2) is 59.8 Å². The van der Waals surface area contributed by atoms with Crippen molar-refractivity contribution in [3.05, 3.63) is 85.6 Å². The molecule has 0 radical (unpaired) electrons. The Bertz CT molecular complexity index is 930. The van der Waals surface area contributed by atoms with Crippen molar-refractivity contribution in [1.29, 1.82) is 0 Å². The van der Waals surface area contributed by atoms with Crippen molar-refractivity contribution in [3.63, 3.8) is 0 Å². The molecule has 0 atom stereocenters. The van der Waals surface area contributed by atoms with Crippen molar-refractivity contribution < 1.29 is 4.92 Å². The molecule has 0 N–H and O–H groups in total. The molecule has 0 bridgehead atoms. The lowest BCUT2D eigenvalue weighted by Crippen LogP contribution is -1.97. The minimum Gasteiger partial charge on any atom is -0.322 e. The minimum absolute atomic E-state index is 0.0315. The molecule has 3 aromatic rings. The van der Waals surface area contributed by atoms with E-state index >= 15 is 0 Å². The number of aromatic nitrogens is 1. The molecule has 128 valence electrons. The van der Waals surface area contributed by atoms with E-state index in [1.807, 2.05) is 35.2 Å². The van der Waals surface area contributed by atoms with Crippen LogP contribution < -0.4 is 0 Å². The number of rotatable bonds is 5. The van der Waals surface area contributed by atoms with Crippen LogP contribution in [0.2, 0.25) is 15.1 Å². The number of halogens is 3. The van der Waals surface area contributed by atoms with Crippen LogP contribution in [0.5, 0.6) is 0 Å². The molecule has 0 aliphatic rings. The highest BCUT2D eigenvalue weighted by Crippen LogP contribution is 2.38. The highest BCUT2D eigenvalue weighted by molar-refractivity contribution is 7.98.